The van der Waals surface area contributed by atoms with Crippen LogP contribution in [0.15, 0.2) is 106 Å². The van der Waals surface area contributed by atoms with Crippen LogP contribution in [-0.4, -0.2) is 19.9 Å². The van der Waals surface area contributed by atoms with Crippen LogP contribution in [0.2, 0.25) is 0 Å². The Morgan fingerprint density at radius 1 is 0.513 bits per heavy atom. The average Bonchev–Trinajstić information content (AvgIpc) is 3.67. The summed E-state index contributed by atoms with van der Waals surface area (Å²) in [5.74, 6) is 0. The van der Waals surface area contributed by atoms with Crippen molar-refractivity contribution in [2.24, 2.45) is 0 Å². The second-order valence-electron chi connectivity index (χ2n) is 9.52. The third-order valence-electron chi connectivity index (χ3n) is 7.33. The molecule has 5 aromatic heterocycles. The van der Waals surface area contributed by atoms with Gasteiger partial charge in [-0.15, -0.1) is 11.3 Å². The first kappa shape index (κ1) is 20.9. The average molecular weight is 521 g/mol. The van der Waals surface area contributed by atoms with E-state index in [4.69, 9.17) is 8.83 Å². The molecule has 0 spiro atoms. The Morgan fingerprint density at radius 3 is 2.21 bits per heavy atom. The van der Waals surface area contributed by atoms with Crippen molar-refractivity contribution in [3.05, 3.63) is 97.6 Å². The minimum atomic E-state index is 0.674. The summed E-state index contributed by atoms with van der Waals surface area (Å²) >= 11 is 1.73. The SMILES string of the molecule is c1ccc2c(c1)oc1c(-c3ccc4c(c3)oc3ccc(-c5ncnc6c5sc5ccccc56)cc34)ncnc12. The van der Waals surface area contributed by atoms with E-state index in [2.05, 4.69) is 68.5 Å². The van der Waals surface area contributed by atoms with Crippen LogP contribution in [0.3, 0.4) is 0 Å². The van der Waals surface area contributed by atoms with Gasteiger partial charge in [0, 0.05) is 37.4 Å². The lowest BCUT2D eigenvalue weighted by atomic mass is 10.0. The molecule has 7 heteroatoms. The molecule has 5 heterocycles. The molecule has 4 aromatic carbocycles. The van der Waals surface area contributed by atoms with E-state index in [1.165, 1.54) is 4.70 Å². The van der Waals surface area contributed by atoms with Crippen LogP contribution in [0.1, 0.15) is 0 Å². The maximum Gasteiger partial charge on any atom is 0.180 e. The molecule has 0 amide bonds. The summed E-state index contributed by atoms with van der Waals surface area (Å²) in [6.45, 7) is 0. The number of benzene rings is 4. The quantitative estimate of drug-likeness (QED) is 0.227. The van der Waals surface area contributed by atoms with Gasteiger partial charge >= 0.3 is 0 Å². The van der Waals surface area contributed by atoms with Gasteiger partial charge in [-0.05, 0) is 48.5 Å². The van der Waals surface area contributed by atoms with Crippen molar-refractivity contribution in [1.29, 1.82) is 0 Å². The second kappa shape index (κ2) is 7.69. The molecule has 0 saturated heterocycles. The molecule has 9 rings (SSSR count). The summed E-state index contributed by atoms with van der Waals surface area (Å²) in [5.41, 5.74) is 8.50. The Bertz CT molecular complexity index is 2420. The molecule has 9 aromatic rings. The summed E-state index contributed by atoms with van der Waals surface area (Å²) < 4.78 is 14.8. The molecule has 182 valence electrons. The van der Waals surface area contributed by atoms with E-state index in [-0.39, 0.29) is 0 Å². The Kier molecular flexibility index (Phi) is 4.11. The Hall–Kier alpha value is -5.14. The van der Waals surface area contributed by atoms with Crippen molar-refractivity contribution >= 4 is 75.6 Å². The lowest BCUT2D eigenvalue weighted by Crippen LogP contribution is -1.86. The molecule has 39 heavy (non-hydrogen) atoms. The van der Waals surface area contributed by atoms with Gasteiger partial charge in [0.25, 0.3) is 0 Å². The monoisotopic (exact) mass is 520 g/mol. The zero-order chi connectivity index (χ0) is 25.5. The van der Waals surface area contributed by atoms with Crippen molar-refractivity contribution < 1.29 is 8.83 Å². The highest BCUT2D eigenvalue weighted by Crippen LogP contribution is 2.40. The summed E-state index contributed by atoms with van der Waals surface area (Å²) in [7, 11) is 0. The standard InChI is InChI=1S/C32H16N4O2S/c1-3-7-23-20(5-1)29-31(38-23)27(33-15-35-29)18-9-11-19-22-13-17(10-12-24(22)37-25(19)14-18)28-32-30(36-16-34-28)21-6-2-4-8-26(21)39-32/h1-16H. The molecule has 0 saturated carbocycles. The van der Waals surface area contributed by atoms with E-state index < -0.39 is 0 Å². The highest BCUT2D eigenvalue weighted by Gasteiger charge is 2.18. The third-order valence-corrected chi connectivity index (χ3v) is 8.50. The predicted octanol–water partition coefficient (Wildman–Crippen LogP) is 8.77. The first-order chi connectivity index (χ1) is 19.3. The van der Waals surface area contributed by atoms with Gasteiger partial charge in [-0.2, -0.15) is 0 Å². The zero-order valence-corrected chi connectivity index (χ0v) is 21.1. The maximum atomic E-state index is 6.31. The van der Waals surface area contributed by atoms with E-state index in [0.717, 1.165) is 76.5 Å². The molecule has 0 unspecified atom stereocenters. The number of rotatable bonds is 2. The van der Waals surface area contributed by atoms with E-state index in [1.54, 1.807) is 24.0 Å². The lowest BCUT2D eigenvalue weighted by molar-refractivity contribution is 0.666. The molecular weight excluding hydrogens is 504 g/mol. The van der Waals surface area contributed by atoms with Crippen LogP contribution in [0.25, 0.3) is 86.8 Å². The van der Waals surface area contributed by atoms with Gasteiger partial charge in [-0.25, -0.2) is 19.9 Å². The van der Waals surface area contributed by atoms with Crippen molar-refractivity contribution in [2.45, 2.75) is 0 Å². The number of hydrogen-bond acceptors (Lipinski definition) is 7. The molecule has 0 bridgehead atoms. The van der Waals surface area contributed by atoms with Gasteiger partial charge in [0.15, 0.2) is 5.58 Å². The lowest BCUT2D eigenvalue weighted by Gasteiger charge is -2.03. The normalized spacial score (nSPS) is 12.1. The van der Waals surface area contributed by atoms with Crippen molar-refractivity contribution in [3.63, 3.8) is 0 Å². The molecule has 0 aliphatic heterocycles. The van der Waals surface area contributed by atoms with Crippen molar-refractivity contribution in [2.75, 3.05) is 0 Å². The fraction of sp³-hybridized carbons (Fsp3) is 0. The van der Waals surface area contributed by atoms with Gasteiger partial charge < -0.3 is 8.83 Å². The van der Waals surface area contributed by atoms with E-state index >= 15 is 0 Å². The van der Waals surface area contributed by atoms with E-state index in [9.17, 15) is 0 Å². The largest absolute Gasteiger partial charge is 0.456 e. The molecule has 0 fully saturated rings. The molecule has 0 atom stereocenters. The molecule has 0 N–H and O–H groups in total. The van der Waals surface area contributed by atoms with E-state index in [0.29, 0.717) is 5.58 Å². The van der Waals surface area contributed by atoms with E-state index in [1.807, 2.05) is 36.4 Å². The molecule has 0 aliphatic rings. The number of para-hydroxylation sites is 1. The Morgan fingerprint density at radius 2 is 1.26 bits per heavy atom. The van der Waals surface area contributed by atoms with Gasteiger partial charge in [-0.1, -0.05) is 36.4 Å². The summed E-state index contributed by atoms with van der Waals surface area (Å²) in [6.07, 6.45) is 3.24. The second-order valence-corrected chi connectivity index (χ2v) is 10.6. The number of aromatic nitrogens is 4. The number of hydrogen-bond donors (Lipinski definition) is 0. The number of thiophene rings is 1. The zero-order valence-electron chi connectivity index (χ0n) is 20.3. The summed E-state index contributed by atoms with van der Waals surface area (Å²) in [6, 6.07) is 28.7. The highest BCUT2D eigenvalue weighted by molar-refractivity contribution is 7.26. The fourth-order valence-electron chi connectivity index (χ4n) is 5.53. The smallest absolute Gasteiger partial charge is 0.180 e. The number of nitrogens with zero attached hydrogens (tertiary/aromatic N) is 4. The minimum absolute atomic E-state index is 0.674. The first-order valence-electron chi connectivity index (χ1n) is 12.5. The maximum absolute atomic E-state index is 6.31. The first-order valence-corrected chi connectivity index (χ1v) is 13.3. The van der Waals surface area contributed by atoms with Gasteiger partial charge in [0.1, 0.15) is 40.6 Å². The van der Waals surface area contributed by atoms with Gasteiger partial charge in [0.05, 0.1) is 15.9 Å². The third kappa shape index (κ3) is 2.96. The molecule has 6 nitrogen and oxygen atoms in total. The van der Waals surface area contributed by atoms with Crippen molar-refractivity contribution in [1.82, 2.24) is 19.9 Å². The van der Waals surface area contributed by atoms with Crippen molar-refractivity contribution in [3.8, 4) is 22.5 Å². The molecule has 0 radical (unpaired) electrons. The predicted molar refractivity (Wildman–Crippen MR) is 156 cm³/mol. The minimum Gasteiger partial charge on any atom is -0.456 e. The number of fused-ring (bicyclic) bond motifs is 9. The van der Waals surface area contributed by atoms with Gasteiger partial charge in [0.2, 0.25) is 0 Å². The molecular formula is C32H16N4O2S. The van der Waals surface area contributed by atoms with Crippen LogP contribution in [0, 0.1) is 0 Å². The van der Waals surface area contributed by atoms with Crippen LogP contribution in [-0.2, 0) is 0 Å². The fourth-order valence-corrected chi connectivity index (χ4v) is 6.70. The van der Waals surface area contributed by atoms with Crippen LogP contribution >= 0.6 is 11.3 Å². The topological polar surface area (TPSA) is 77.8 Å². The van der Waals surface area contributed by atoms with Crippen LogP contribution in [0.5, 0.6) is 0 Å². The summed E-state index contributed by atoms with van der Waals surface area (Å²) in [5, 5.41) is 4.21. The molecule has 0 aliphatic carbocycles. The summed E-state index contributed by atoms with van der Waals surface area (Å²) in [4.78, 5) is 18.3. The van der Waals surface area contributed by atoms with Crippen LogP contribution < -0.4 is 0 Å². The Balaban J connectivity index is 1.22. The number of furan rings is 2. The Labute approximate surface area is 224 Å². The van der Waals surface area contributed by atoms with Gasteiger partial charge in [-0.3, -0.25) is 0 Å². The highest BCUT2D eigenvalue weighted by atomic mass is 32.1. The van der Waals surface area contributed by atoms with Crippen LogP contribution in [0.4, 0.5) is 0 Å².